The molecule has 0 saturated heterocycles. The third-order valence-electron chi connectivity index (χ3n) is 2.63. The number of hydrogen-bond acceptors (Lipinski definition) is 3. The SMILES string of the molecule is CSc1ccc(Oc2c(F)cccc2C(C)=O)cc1. The highest BCUT2D eigenvalue weighted by Crippen LogP contribution is 2.29. The van der Waals surface area contributed by atoms with Crippen LogP contribution >= 0.6 is 11.8 Å². The lowest BCUT2D eigenvalue weighted by atomic mass is 10.1. The molecule has 2 aromatic rings. The van der Waals surface area contributed by atoms with E-state index in [1.807, 2.05) is 18.4 Å². The van der Waals surface area contributed by atoms with Crippen molar-refractivity contribution in [2.75, 3.05) is 6.26 Å². The number of para-hydroxylation sites is 1. The predicted molar refractivity (Wildman–Crippen MR) is 74.7 cm³/mol. The molecular formula is C15H13FO2S. The van der Waals surface area contributed by atoms with E-state index in [9.17, 15) is 9.18 Å². The molecule has 0 spiro atoms. The molecule has 98 valence electrons. The second kappa shape index (κ2) is 5.89. The Balaban J connectivity index is 2.34. The van der Waals surface area contributed by atoms with Gasteiger partial charge in [-0.1, -0.05) is 6.07 Å². The topological polar surface area (TPSA) is 26.3 Å². The van der Waals surface area contributed by atoms with Crippen molar-refractivity contribution >= 4 is 17.5 Å². The van der Waals surface area contributed by atoms with Crippen LogP contribution in [0.15, 0.2) is 47.4 Å². The lowest BCUT2D eigenvalue weighted by Crippen LogP contribution is -1.99. The summed E-state index contributed by atoms with van der Waals surface area (Å²) in [5.74, 6) is -0.283. The second-order valence-corrected chi connectivity index (χ2v) is 4.83. The third kappa shape index (κ3) is 3.15. The molecule has 0 aromatic heterocycles. The van der Waals surface area contributed by atoms with Gasteiger partial charge < -0.3 is 4.74 Å². The number of carbonyl (C=O) groups is 1. The van der Waals surface area contributed by atoms with Crippen molar-refractivity contribution in [1.29, 1.82) is 0 Å². The Labute approximate surface area is 115 Å². The number of benzene rings is 2. The molecule has 2 aromatic carbocycles. The fourth-order valence-electron chi connectivity index (χ4n) is 1.65. The smallest absolute Gasteiger partial charge is 0.173 e. The molecule has 0 aliphatic heterocycles. The maximum atomic E-state index is 13.8. The van der Waals surface area contributed by atoms with E-state index in [4.69, 9.17) is 4.74 Å². The van der Waals surface area contributed by atoms with Crippen molar-refractivity contribution in [1.82, 2.24) is 0 Å². The van der Waals surface area contributed by atoms with E-state index < -0.39 is 5.82 Å². The highest BCUT2D eigenvalue weighted by Gasteiger charge is 2.14. The summed E-state index contributed by atoms with van der Waals surface area (Å²) in [7, 11) is 0. The van der Waals surface area contributed by atoms with Gasteiger partial charge in [0.25, 0.3) is 0 Å². The van der Waals surface area contributed by atoms with Gasteiger partial charge in [0.1, 0.15) is 5.75 Å². The summed E-state index contributed by atoms with van der Waals surface area (Å²) >= 11 is 1.61. The monoisotopic (exact) mass is 276 g/mol. The molecule has 0 aliphatic carbocycles. The van der Waals surface area contributed by atoms with Crippen LogP contribution in [0.1, 0.15) is 17.3 Å². The third-order valence-corrected chi connectivity index (χ3v) is 3.37. The summed E-state index contributed by atoms with van der Waals surface area (Å²) in [4.78, 5) is 12.5. The highest BCUT2D eigenvalue weighted by atomic mass is 32.2. The normalized spacial score (nSPS) is 10.3. The van der Waals surface area contributed by atoms with Crippen molar-refractivity contribution in [3.05, 3.63) is 53.8 Å². The molecule has 0 N–H and O–H groups in total. The number of carbonyl (C=O) groups excluding carboxylic acids is 1. The maximum Gasteiger partial charge on any atom is 0.173 e. The standard InChI is InChI=1S/C15H13FO2S/c1-10(17)13-4-3-5-14(16)15(13)18-11-6-8-12(19-2)9-7-11/h3-9H,1-2H3. The first-order valence-corrected chi connectivity index (χ1v) is 6.95. The zero-order chi connectivity index (χ0) is 13.8. The number of ketones is 1. The van der Waals surface area contributed by atoms with Crippen LogP contribution in [0.25, 0.3) is 0 Å². The minimum Gasteiger partial charge on any atom is -0.454 e. The van der Waals surface area contributed by atoms with Gasteiger partial charge in [0.15, 0.2) is 17.3 Å². The van der Waals surface area contributed by atoms with E-state index in [1.165, 1.54) is 19.1 Å². The second-order valence-electron chi connectivity index (χ2n) is 3.95. The van der Waals surface area contributed by atoms with Gasteiger partial charge in [0.05, 0.1) is 5.56 Å². The first-order valence-electron chi connectivity index (χ1n) is 5.73. The van der Waals surface area contributed by atoms with Crippen molar-refractivity contribution in [2.45, 2.75) is 11.8 Å². The van der Waals surface area contributed by atoms with Crippen LogP contribution in [-0.2, 0) is 0 Å². The minimum absolute atomic E-state index is 0.0214. The molecule has 0 fully saturated rings. The summed E-state index contributed by atoms with van der Waals surface area (Å²) < 4.78 is 19.3. The molecule has 2 nitrogen and oxygen atoms in total. The fraction of sp³-hybridized carbons (Fsp3) is 0.133. The summed E-state index contributed by atoms with van der Waals surface area (Å²) in [5.41, 5.74) is 0.244. The Morgan fingerprint density at radius 3 is 2.42 bits per heavy atom. The van der Waals surface area contributed by atoms with E-state index >= 15 is 0 Å². The summed E-state index contributed by atoms with van der Waals surface area (Å²) in [5, 5.41) is 0. The summed E-state index contributed by atoms with van der Waals surface area (Å²) in [6.45, 7) is 1.39. The molecule has 0 aliphatic rings. The Kier molecular flexibility index (Phi) is 4.22. The average Bonchev–Trinajstić information content (AvgIpc) is 2.41. The summed E-state index contributed by atoms with van der Waals surface area (Å²) in [6.07, 6.45) is 1.97. The van der Waals surface area contributed by atoms with Crippen LogP contribution in [0.5, 0.6) is 11.5 Å². The Morgan fingerprint density at radius 1 is 1.16 bits per heavy atom. The number of Topliss-reactive ketones (excluding diaryl/α,β-unsaturated/α-hetero) is 1. The van der Waals surface area contributed by atoms with Crippen LogP contribution in [0, 0.1) is 5.82 Å². The molecule has 2 rings (SSSR count). The van der Waals surface area contributed by atoms with E-state index in [-0.39, 0.29) is 17.1 Å². The van der Waals surface area contributed by atoms with Gasteiger partial charge in [-0.15, -0.1) is 11.8 Å². The van der Waals surface area contributed by atoms with Gasteiger partial charge in [-0.2, -0.15) is 0 Å². The van der Waals surface area contributed by atoms with Crippen LogP contribution < -0.4 is 4.74 Å². The Morgan fingerprint density at radius 2 is 1.84 bits per heavy atom. The van der Waals surface area contributed by atoms with E-state index in [1.54, 1.807) is 30.0 Å². The predicted octanol–water partition coefficient (Wildman–Crippen LogP) is 4.54. The van der Waals surface area contributed by atoms with Gasteiger partial charge in [0.2, 0.25) is 0 Å². The van der Waals surface area contributed by atoms with Gasteiger partial charge in [0, 0.05) is 4.90 Å². The average molecular weight is 276 g/mol. The Bertz CT molecular complexity index is 594. The van der Waals surface area contributed by atoms with Gasteiger partial charge >= 0.3 is 0 Å². The van der Waals surface area contributed by atoms with Crippen molar-refractivity contribution in [3.63, 3.8) is 0 Å². The molecule has 0 amide bonds. The molecule has 0 saturated carbocycles. The summed E-state index contributed by atoms with van der Waals surface area (Å²) in [6, 6.07) is 11.6. The molecule has 0 atom stereocenters. The highest BCUT2D eigenvalue weighted by molar-refractivity contribution is 7.98. The molecule has 0 radical (unpaired) electrons. The van der Waals surface area contributed by atoms with Crippen molar-refractivity contribution in [2.24, 2.45) is 0 Å². The van der Waals surface area contributed by atoms with Crippen LogP contribution in [-0.4, -0.2) is 12.0 Å². The molecular weight excluding hydrogens is 263 g/mol. The van der Waals surface area contributed by atoms with Crippen molar-refractivity contribution < 1.29 is 13.9 Å². The Hall–Kier alpha value is -1.81. The lowest BCUT2D eigenvalue weighted by molar-refractivity contribution is 0.101. The number of ether oxygens (including phenoxy) is 1. The first-order chi connectivity index (χ1) is 9.11. The molecule has 4 heteroatoms. The quantitative estimate of drug-likeness (QED) is 0.605. The number of rotatable bonds is 4. The van der Waals surface area contributed by atoms with Crippen molar-refractivity contribution in [3.8, 4) is 11.5 Å². The first kappa shape index (κ1) is 13.6. The maximum absolute atomic E-state index is 13.8. The van der Waals surface area contributed by atoms with Crippen LogP contribution in [0.3, 0.4) is 0 Å². The molecule has 0 heterocycles. The fourth-order valence-corrected chi connectivity index (χ4v) is 2.06. The zero-order valence-electron chi connectivity index (χ0n) is 10.6. The molecule has 19 heavy (non-hydrogen) atoms. The van der Waals surface area contributed by atoms with E-state index in [2.05, 4.69) is 0 Å². The zero-order valence-corrected chi connectivity index (χ0v) is 11.5. The molecule has 0 unspecified atom stereocenters. The lowest BCUT2D eigenvalue weighted by Gasteiger charge is -2.10. The van der Waals surface area contributed by atoms with Crippen LogP contribution in [0.4, 0.5) is 4.39 Å². The largest absolute Gasteiger partial charge is 0.454 e. The van der Waals surface area contributed by atoms with Gasteiger partial charge in [-0.05, 0) is 49.6 Å². The minimum atomic E-state index is -0.540. The molecule has 0 bridgehead atoms. The van der Waals surface area contributed by atoms with Gasteiger partial charge in [-0.3, -0.25) is 4.79 Å². The van der Waals surface area contributed by atoms with Gasteiger partial charge in [-0.25, -0.2) is 4.39 Å². The van der Waals surface area contributed by atoms with E-state index in [0.29, 0.717) is 5.75 Å². The van der Waals surface area contributed by atoms with E-state index in [0.717, 1.165) is 4.90 Å². The number of thioether (sulfide) groups is 1. The number of hydrogen-bond donors (Lipinski definition) is 0. The van der Waals surface area contributed by atoms with Crippen LogP contribution in [0.2, 0.25) is 0 Å². The number of halogens is 1.